The van der Waals surface area contributed by atoms with Gasteiger partial charge in [0.2, 0.25) is 0 Å². The zero-order valence-corrected chi connectivity index (χ0v) is 7.58. The highest BCUT2D eigenvalue weighted by Crippen LogP contribution is 2.24. The van der Waals surface area contributed by atoms with Crippen LogP contribution in [0.1, 0.15) is 0 Å². The van der Waals surface area contributed by atoms with Gasteiger partial charge in [0.05, 0.1) is 17.8 Å². The number of carboxylic acid groups (broad SMARTS) is 1. The van der Waals surface area contributed by atoms with E-state index in [1.54, 1.807) is 0 Å². The molecule has 0 saturated heterocycles. The summed E-state index contributed by atoms with van der Waals surface area (Å²) in [6.07, 6.45) is -1.02. The topological polar surface area (TPSA) is 40.5 Å². The van der Waals surface area contributed by atoms with Crippen LogP contribution in [-0.2, 0) is 4.79 Å². The Kier molecular flexibility index (Phi) is 3.18. The number of hydrogen-bond donors (Lipinski definition) is 1. The lowest BCUT2D eigenvalue weighted by molar-refractivity contribution is -0.132. The summed E-state index contributed by atoms with van der Waals surface area (Å²) >= 11 is 0. The van der Waals surface area contributed by atoms with Gasteiger partial charge in [0.15, 0.2) is 0 Å². The molecule has 1 aliphatic rings. The minimum absolute atomic E-state index is 0.264. The molecule has 82 valence electrons. The quantitative estimate of drug-likeness (QED) is 0.788. The van der Waals surface area contributed by atoms with Crippen LogP contribution in [0, 0.1) is 0 Å². The van der Waals surface area contributed by atoms with Gasteiger partial charge in [-0.05, 0) is 6.08 Å². The summed E-state index contributed by atoms with van der Waals surface area (Å²) < 4.78 is 37.2. The van der Waals surface area contributed by atoms with Crippen LogP contribution in [0.25, 0.3) is 0 Å². The molecule has 1 rings (SSSR count). The van der Waals surface area contributed by atoms with Crippen LogP contribution in [0.5, 0.6) is 0 Å². The fraction of sp³-hybridized carbons (Fsp3) is 0.222. The Morgan fingerprint density at radius 2 is 2.20 bits per heavy atom. The summed E-state index contributed by atoms with van der Waals surface area (Å²) in [5, 5.41) is 8.57. The van der Waals surface area contributed by atoms with E-state index in [0.717, 1.165) is 17.2 Å². The maximum atomic E-state index is 13.1. The number of allylic oxidation sites excluding steroid dienone is 1. The van der Waals surface area contributed by atoms with E-state index in [9.17, 15) is 18.0 Å². The van der Waals surface area contributed by atoms with Crippen molar-refractivity contribution >= 4 is 5.97 Å². The lowest BCUT2D eigenvalue weighted by Gasteiger charge is -2.24. The van der Waals surface area contributed by atoms with Crippen molar-refractivity contribution in [3.8, 4) is 0 Å². The van der Waals surface area contributed by atoms with Crippen molar-refractivity contribution in [2.75, 3.05) is 6.54 Å². The summed E-state index contributed by atoms with van der Waals surface area (Å²) in [7, 11) is 0. The number of hydrogen-bond acceptors (Lipinski definition) is 2. The number of carbonyl (C=O) groups is 1. The minimum atomic E-state index is -2.70. The summed E-state index contributed by atoms with van der Waals surface area (Å²) in [5.41, 5.74) is -0.652. The van der Waals surface area contributed by atoms with Crippen molar-refractivity contribution in [3.63, 3.8) is 0 Å². The Morgan fingerprint density at radius 3 is 2.67 bits per heavy atom. The molecule has 0 saturated carbocycles. The van der Waals surface area contributed by atoms with Crippen molar-refractivity contribution < 1.29 is 23.1 Å². The zero-order chi connectivity index (χ0) is 11.6. The van der Waals surface area contributed by atoms with Gasteiger partial charge < -0.3 is 10.0 Å². The van der Waals surface area contributed by atoms with Gasteiger partial charge in [-0.15, -0.1) is 0 Å². The van der Waals surface area contributed by atoms with Crippen LogP contribution in [0.2, 0.25) is 0 Å². The molecule has 1 N–H and O–H groups in total. The Hall–Kier alpha value is -1.72. The Bertz CT molecular complexity index is 360. The first-order valence-corrected chi connectivity index (χ1v) is 3.98. The Balaban J connectivity index is 2.94. The fourth-order valence-corrected chi connectivity index (χ4v) is 1.07. The number of alkyl halides is 2. The molecule has 15 heavy (non-hydrogen) atoms. The van der Waals surface area contributed by atoms with E-state index >= 15 is 0 Å². The molecule has 0 aromatic carbocycles. The average Bonchev–Trinajstić information content (AvgIpc) is 2.11. The molecule has 0 unspecified atom stereocenters. The van der Waals surface area contributed by atoms with Gasteiger partial charge in [-0.1, -0.05) is 6.58 Å². The number of nitrogens with zero attached hydrogens (tertiary/aromatic N) is 1. The van der Waals surface area contributed by atoms with E-state index in [1.165, 1.54) is 0 Å². The normalized spacial score (nSPS) is 16.5. The van der Waals surface area contributed by atoms with Gasteiger partial charge in [-0.2, -0.15) is 0 Å². The molecule has 0 fully saturated rings. The standard InChI is InChI=1S/C9H8F3NO2/c1-5-7(10)2-6(9(14)15)3-13(5)4-8(11)12/h2-3,8H,1,4H2,(H,14,15). The van der Waals surface area contributed by atoms with E-state index in [2.05, 4.69) is 6.58 Å². The molecule has 0 aliphatic carbocycles. The summed E-state index contributed by atoms with van der Waals surface area (Å²) in [6.45, 7) is 2.45. The van der Waals surface area contributed by atoms with E-state index in [0.29, 0.717) is 0 Å². The van der Waals surface area contributed by atoms with Gasteiger partial charge in [-0.3, -0.25) is 0 Å². The highest BCUT2D eigenvalue weighted by Gasteiger charge is 2.22. The van der Waals surface area contributed by atoms with Crippen molar-refractivity contribution in [1.82, 2.24) is 4.90 Å². The third kappa shape index (κ3) is 2.61. The molecule has 0 amide bonds. The van der Waals surface area contributed by atoms with E-state index in [-0.39, 0.29) is 11.3 Å². The Labute approximate surface area is 83.8 Å². The minimum Gasteiger partial charge on any atom is -0.478 e. The predicted octanol–water partition coefficient (Wildman–Crippen LogP) is 1.90. The van der Waals surface area contributed by atoms with Crippen LogP contribution in [0.3, 0.4) is 0 Å². The second-order valence-corrected chi connectivity index (χ2v) is 2.87. The molecular formula is C9H8F3NO2. The molecule has 1 aliphatic heterocycles. The highest BCUT2D eigenvalue weighted by atomic mass is 19.3. The summed E-state index contributed by atoms with van der Waals surface area (Å²) in [4.78, 5) is 11.3. The second kappa shape index (κ2) is 4.20. The maximum absolute atomic E-state index is 13.1. The molecule has 0 aromatic rings. The maximum Gasteiger partial charge on any atom is 0.337 e. The monoisotopic (exact) mass is 219 g/mol. The van der Waals surface area contributed by atoms with Crippen LogP contribution < -0.4 is 0 Å². The summed E-state index contributed by atoms with van der Waals surface area (Å²) in [5.74, 6) is -2.30. The Morgan fingerprint density at radius 1 is 1.60 bits per heavy atom. The summed E-state index contributed by atoms with van der Waals surface area (Å²) in [6, 6.07) is 0. The molecule has 0 aromatic heterocycles. The van der Waals surface area contributed by atoms with Crippen molar-refractivity contribution in [1.29, 1.82) is 0 Å². The largest absolute Gasteiger partial charge is 0.478 e. The predicted molar refractivity (Wildman–Crippen MR) is 46.8 cm³/mol. The molecule has 3 nitrogen and oxygen atoms in total. The van der Waals surface area contributed by atoms with Crippen molar-refractivity contribution in [3.05, 3.63) is 36.0 Å². The lowest BCUT2D eigenvalue weighted by Crippen LogP contribution is -2.26. The first-order chi connectivity index (χ1) is 6.91. The van der Waals surface area contributed by atoms with Gasteiger partial charge >= 0.3 is 5.97 Å². The van der Waals surface area contributed by atoms with E-state index < -0.39 is 24.8 Å². The molecule has 0 atom stereocenters. The SMILES string of the molecule is C=C1C(F)=CC(C(=O)O)=CN1CC(F)F. The number of halogens is 3. The smallest absolute Gasteiger partial charge is 0.337 e. The van der Waals surface area contributed by atoms with Gasteiger partial charge in [0.1, 0.15) is 5.83 Å². The van der Waals surface area contributed by atoms with E-state index in [4.69, 9.17) is 5.11 Å². The fourth-order valence-electron chi connectivity index (χ4n) is 1.07. The lowest BCUT2D eigenvalue weighted by atomic mass is 10.1. The van der Waals surface area contributed by atoms with Crippen LogP contribution in [-0.4, -0.2) is 28.9 Å². The van der Waals surface area contributed by atoms with Crippen LogP contribution in [0.4, 0.5) is 13.2 Å². The average molecular weight is 219 g/mol. The molecule has 0 spiro atoms. The zero-order valence-electron chi connectivity index (χ0n) is 7.58. The second-order valence-electron chi connectivity index (χ2n) is 2.87. The molecule has 0 radical (unpaired) electrons. The number of aliphatic carboxylic acids is 1. The van der Waals surface area contributed by atoms with Crippen LogP contribution in [0.15, 0.2) is 36.0 Å². The van der Waals surface area contributed by atoms with Gasteiger partial charge in [0, 0.05) is 6.20 Å². The molecule has 6 heteroatoms. The number of carboxylic acids is 1. The molecule has 1 heterocycles. The van der Waals surface area contributed by atoms with Crippen LogP contribution >= 0.6 is 0 Å². The first kappa shape index (κ1) is 11.4. The third-order valence-electron chi connectivity index (χ3n) is 1.78. The van der Waals surface area contributed by atoms with Gasteiger partial charge in [-0.25, -0.2) is 18.0 Å². The first-order valence-electron chi connectivity index (χ1n) is 3.98. The molecular weight excluding hydrogens is 211 g/mol. The van der Waals surface area contributed by atoms with Crippen molar-refractivity contribution in [2.24, 2.45) is 0 Å². The molecule has 0 bridgehead atoms. The highest BCUT2D eigenvalue weighted by molar-refractivity contribution is 5.90. The third-order valence-corrected chi connectivity index (χ3v) is 1.78. The van der Waals surface area contributed by atoms with Gasteiger partial charge in [0.25, 0.3) is 6.43 Å². The van der Waals surface area contributed by atoms with Crippen molar-refractivity contribution in [2.45, 2.75) is 6.43 Å². The number of rotatable bonds is 3. The van der Waals surface area contributed by atoms with E-state index in [1.807, 2.05) is 0 Å².